The molecule has 1 aliphatic carbocycles. The van der Waals surface area contributed by atoms with E-state index in [1.807, 2.05) is 19.1 Å². The minimum absolute atomic E-state index is 0.214. The zero-order chi connectivity index (χ0) is 19.9. The van der Waals surface area contributed by atoms with Gasteiger partial charge in [0.05, 0.1) is 17.8 Å². The Labute approximate surface area is 163 Å². The average Bonchev–Trinajstić information content (AvgIpc) is 2.63. The molecule has 1 aliphatic rings. The number of para-hydroxylation sites is 1. The number of nitrogens with one attached hydrogen (secondary N) is 1. The van der Waals surface area contributed by atoms with Crippen LogP contribution in [0.4, 0.5) is 0 Å². The molecule has 0 radical (unpaired) electrons. The molecule has 1 aromatic carbocycles. The van der Waals surface area contributed by atoms with Crippen LogP contribution in [0, 0.1) is 11.3 Å². The summed E-state index contributed by atoms with van der Waals surface area (Å²) < 4.78 is 10.9. The molecule has 0 spiro atoms. The maximum absolute atomic E-state index is 12.6. The molecule has 1 saturated carbocycles. The van der Waals surface area contributed by atoms with Crippen molar-refractivity contribution in [3.8, 4) is 5.75 Å². The Morgan fingerprint density at radius 1 is 1.22 bits per heavy atom. The molecule has 152 valence electrons. The summed E-state index contributed by atoms with van der Waals surface area (Å²) in [5, 5.41) is 13.8. The molecule has 1 fully saturated rings. The first-order chi connectivity index (χ1) is 12.7. The van der Waals surface area contributed by atoms with Gasteiger partial charge in [0, 0.05) is 13.2 Å². The van der Waals surface area contributed by atoms with Crippen molar-refractivity contribution in [1.29, 1.82) is 0 Å². The number of carbonyl (C=O) groups excluding carboxylic acids is 1. The van der Waals surface area contributed by atoms with Crippen molar-refractivity contribution in [3.05, 3.63) is 29.8 Å². The van der Waals surface area contributed by atoms with Gasteiger partial charge >= 0.3 is 0 Å². The molecule has 0 unspecified atom stereocenters. The highest BCUT2D eigenvalue weighted by Gasteiger charge is 2.37. The highest BCUT2D eigenvalue weighted by atomic mass is 16.5. The molecule has 27 heavy (non-hydrogen) atoms. The number of amides is 1. The zero-order valence-corrected chi connectivity index (χ0v) is 17.2. The Balaban J connectivity index is 1.89. The third-order valence-electron chi connectivity index (χ3n) is 5.54. The van der Waals surface area contributed by atoms with Gasteiger partial charge < -0.3 is 19.9 Å². The summed E-state index contributed by atoms with van der Waals surface area (Å²) in [4.78, 5) is 12.6. The minimum Gasteiger partial charge on any atom is -0.490 e. The number of carbonyl (C=O) groups is 1. The molecule has 0 saturated heterocycles. The Morgan fingerprint density at radius 3 is 2.52 bits per heavy atom. The van der Waals surface area contributed by atoms with E-state index in [-0.39, 0.29) is 17.9 Å². The van der Waals surface area contributed by atoms with E-state index >= 15 is 0 Å². The number of benzene rings is 1. The zero-order valence-electron chi connectivity index (χ0n) is 17.2. The number of rotatable bonds is 8. The summed E-state index contributed by atoms with van der Waals surface area (Å²) in [6.07, 6.45) is 3.43. The number of hydrogen-bond acceptors (Lipinski definition) is 4. The van der Waals surface area contributed by atoms with Crippen molar-refractivity contribution in [2.75, 3.05) is 26.4 Å². The third kappa shape index (κ3) is 6.51. The first kappa shape index (κ1) is 21.7. The predicted octanol–water partition coefficient (Wildman–Crippen LogP) is 3.80. The Bertz CT molecular complexity index is 601. The van der Waals surface area contributed by atoms with Crippen LogP contribution >= 0.6 is 0 Å². The van der Waals surface area contributed by atoms with Gasteiger partial charge in [-0.1, -0.05) is 32.9 Å². The van der Waals surface area contributed by atoms with Gasteiger partial charge in [0.1, 0.15) is 12.4 Å². The Morgan fingerprint density at radius 2 is 1.89 bits per heavy atom. The predicted molar refractivity (Wildman–Crippen MR) is 107 cm³/mol. The lowest BCUT2D eigenvalue weighted by Gasteiger charge is -2.41. The fourth-order valence-corrected chi connectivity index (χ4v) is 3.67. The number of aliphatic hydroxyl groups is 1. The van der Waals surface area contributed by atoms with Crippen molar-refractivity contribution in [2.24, 2.45) is 11.3 Å². The second-order valence-electron chi connectivity index (χ2n) is 8.59. The molecular formula is C22H35NO4. The maximum Gasteiger partial charge on any atom is 0.255 e. The van der Waals surface area contributed by atoms with Crippen LogP contribution in [0.5, 0.6) is 5.75 Å². The lowest BCUT2D eigenvalue weighted by atomic mass is 9.68. The van der Waals surface area contributed by atoms with Gasteiger partial charge in [-0.3, -0.25) is 4.79 Å². The lowest BCUT2D eigenvalue weighted by molar-refractivity contribution is -0.0228. The first-order valence-electron chi connectivity index (χ1n) is 10.1. The van der Waals surface area contributed by atoms with Crippen LogP contribution in [-0.4, -0.2) is 43.0 Å². The fourth-order valence-electron chi connectivity index (χ4n) is 3.67. The van der Waals surface area contributed by atoms with E-state index in [2.05, 4.69) is 26.1 Å². The van der Waals surface area contributed by atoms with Crippen molar-refractivity contribution >= 4 is 5.91 Å². The van der Waals surface area contributed by atoms with Crippen LogP contribution in [0.15, 0.2) is 24.3 Å². The standard InChI is InChI=1S/C22H35NO4/c1-5-26-14-15-27-19-9-7-6-8-18(19)20(24)23-16-22(25)12-10-17(11-13-22)21(2,3)4/h6-9,17,25H,5,10-16H2,1-4H3,(H,23,24). The van der Waals surface area contributed by atoms with Crippen LogP contribution in [0.25, 0.3) is 0 Å². The van der Waals surface area contributed by atoms with Crippen LogP contribution in [-0.2, 0) is 4.74 Å². The molecule has 2 rings (SSSR count). The number of ether oxygens (including phenoxy) is 2. The van der Waals surface area contributed by atoms with Gasteiger partial charge in [-0.05, 0) is 56.1 Å². The summed E-state index contributed by atoms with van der Waals surface area (Å²) in [5.41, 5.74) is -0.0641. The summed E-state index contributed by atoms with van der Waals surface area (Å²) in [6.45, 7) is 10.5. The molecule has 0 heterocycles. The van der Waals surface area contributed by atoms with E-state index in [1.54, 1.807) is 12.1 Å². The maximum atomic E-state index is 12.6. The van der Waals surface area contributed by atoms with Crippen molar-refractivity contribution in [3.63, 3.8) is 0 Å². The molecule has 0 aliphatic heterocycles. The normalized spacial score (nSPS) is 23.1. The van der Waals surface area contributed by atoms with Gasteiger partial charge in [-0.2, -0.15) is 0 Å². The van der Waals surface area contributed by atoms with Crippen LogP contribution < -0.4 is 10.1 Å². The lowest BCUT2D eigenvalue weighted by Crippen LogP contribution is -2.46. The highest BCUT2D eigenvalue weighted by Crippen LogP contribution is 2.41. The van der Waals surface area contributed by atoms with Crippen LogP contribution in [0.1, 0.15) is 63.7 Å². The SMILES string of the molecule is CCOCCOc1ccccc1C(=O)NCC1(O)CCC(C(C)(C)C)CC1. The Kier molecular flexibility index (Phi) is 7.68. The van der Waals surface area contributed by atoms with E-state index in [0.717, 1.165) is 25.7 Å². The van der Waals surface area contributed by atoms with Gasteiger partial charge in [-0.15, -0.1) is 0 Å². The van der Waals surface area contributed by atoms with Crippen molar-refractivity contribution in [2.45, 2.75) is 59.0 Å². The fraction of sp³-hybridized carbons (Fsp3) is 0.682. The minimum atomic E-state index is -0.817. The molecule has 1 amide bonds. The van der Waals surface area contributed by atoms with Gasteiger partial charge in [-0.25, -0.2) is 0 Å². The largest absolute Gasteiger partial charge is 0.490 e. The quantitative estimate of drug-likeness (QED) is 0.676. The molecule has 1 aromatic rings. The summed E-state index contributed by atoms with van der Waals surface area (Å²) in [7, 11) is 0. The number of hydrogen-bond donors (Lipinski definition) is 2. The highest BCUT2D eigenvalue weighted by molar-refractivity contribution is 5.96. The molecule has 5 nitrogen and oxygen atoms in total. The van der Waals surface area contributed by atoms with E-state index in [4.69, 9.17) is 9.47 Å². The van der Waals surface area contributed by atoms with Gasteiger partial charge in [0.15, 0.2) is 0 Å². The van der Waals surface area contributed by atoms with Crippen molar-refractivity contribution < 1.29 is 19.4 Å². The van der Waals surface area contributed by atoms with E-state index < -0.39 is 5.60 Å². The molecule has 5 heteroatoms. The summed E-state index contributed by atoms with van der Waals surface area (Å²) >= 11 is 0. The molecule has 2 N–H and O–H groups in total. The third-order valence-corrected chi connectivity index (χ3v) is 5.54. The van der Waals surface area contributed by atoms with Crippen LogP contribution in [0.2, 0.25) is 0 Å². The topological polar surface area (TPSA) is 67.8 Å². The monoisotopic (exact) mass is 377 g/mol. The molecular weight excluding hydrogens is 342 g/mol. The average molecular weight is 378 g/mol. The molecule has 0 atom stereocenters. The van der Waals surface area contributed by atoms with Gasteiger partial charge in [0.2, 0.25) is 0 Å². The van der Waals surface area contributed by atoms with E-state index in [0.29, 0.717) is 37.1 Å². The van der Waals surface area contributed by atoms with E-state index in [9.17, 15) is 9.90 Å². The van der Waals surface area contributed by atoms with Gasteiger partial charge in [0.25, 0.3) is 5.91 Å². The van der Waals surface area contributed by atoms with E-state index in [1.165, 1.54) is 0 Å². The first-order valence-corrected chi connectivity index (χ1v) is 10.1. The van der Waals surface area contributed by atoms with Crippen molar-refractivity contribution in [1.82, 2.24) is 5.32 Å². The Hall–Kier alpha value is -1.59. The molecule has 0 aromatic heterocycles. The second kappa shape index (κ2) is 9.56. The molecule has 0 bridgehead atoms. The summed E-state index contributed by atoms with van der Waals surface area (Å²) in [6, 6.07) is 7.18. The second-order valence-corrected chi connectivity index (χ2v) is 8.59. The smallest absolute Gasteiger partial charge is 0.255 e. The van der Waals surface area contributed by atoms with Crippen LogP contribution in [0.3, 0.4) is 0 Å². The summed E-state index contributed by atoms with van der Waals surface area (Å²) in [5.74, 6) is 0.944.